The predicted molar refractivity (Wildman–Crippen MR) is 61.2 cm³/mol. The Bertz CT molecular complexity index is 488. The van der Waals surface area contributed by atoms with Crippen molar-refractivity contribution in [3.8, 4) is 5.75 Å². The van der Waals surface area contributed by atoms with Crippen LogP contribution in [0.1, 0.15) is 29.8 Å². The molecular formula is C13H14O4. The monoisotopic (exact) mass is 234 g/mol. The molecule has 0 aromatic heterocycles. The highest BCUT2D eigenvalue weighted by atomic mass is 16.5. The van der Waals surface area contributed by atoms with Crippen molar-refractivity contribution in [2.75, 3.05) is 7.11 Å². The van der Waals surface area contributed by atoms with Gasteiger partial charge < -0.3 is 9.47 Å². The average molecular weight is 234 g/mol. The largest absolute Gasteiger partial charge is 0.487 e. The van der Waals surface area contributed by atoms with Crippen LogP contribution < -0.4 is 4.74 Å². The number of benzene rings is 1. The number of carbonyl (C=O) groups excluding carboxylic acids is 2. The number of fused-ring (bicyclic) bond motifs is 1. The summed E-state index contributed by atoms with van der Waals surface area (Å²) in [4.78, 5) is 22.8. The number of Topliss-reactive ketones (excluding diaryl/α,β-unsaturated/α-hetero) is 1. The molecule has 0 fully saturated rings. The van der Waals surface area contributed by atoms with Gasteiger partial charge >= 0.3 is 5.97 Å². The van der Waals surface area contributed by atoms with Crippen LogP contribution in [0.5, 0.6) is 5.75 Å². The minimum atomic E-state index is -0.844. The molecule has 2 rings (SSSR count). The molecule has 1 aliphatic rings. The number of carbonyl (C=O) groups is 2. The molecule has 0 bridgehead atoms. The van der Waals surface area contributed by atoms with Crippen molar-refractivity contribution >= 4 is 11.8 Å². The molecule has 1 heterocycles. The molecule has 0 spiro atoms. The first-order valence-electron chi connectivity index (χ1n) is 5.37. The van der Waals surface area contributed by atoms with Crippen LogP contribution in [0.25, 0.3) is 0 Å². The molecule has 1 aliphatic heterocycles. The van der Waals surface area contributed by atoms with Crippen molar-refractivity contribution in [2.24, 2.45) is 0 Å². The molecule has 0 aliphatic carbocycles. The van der Waals surface area contributed by atoms with Gasteiger partial charge in [0.05, 0.1) is 7.11 Å². The highest BCUT2D eigenvalue weighted by Gasteiger charge is 2.31. The first-order chi connectivity index (χ1) is 7.93. The van der Waals surface area contributed by atoms with Crippen LogP contribution in [-0.4, -0.2) is 24.5 Å². The van der Waals surface area contributed by atoms with Crippen molar-refractivity contribution in [1.82, 2.24) is 0 Å². The fourth-order valence-electron chi connectivity index (χ4n) is 1.96. The standard InChI is InChI=1S/C13H14O4/c1-13(2)7-9-6-8(4-5-10(9)17-13)11(14)12(15)16-3/h4-6H,7H2,1-3H3. The van der Waals surface area contributed by atoms with Crippen LogP contribution >= 0.6 is 0 Å². The Kier molecular flexibility index (Phi) is 2.65. The lowest BCUT2D eigenvalue weighted by atomic mass is 9.99. The molecule has 0 unspecified atom stereocenters. The maximum atomic E-state index is 11.6. The quantitative estimate of drug-likeness (QED) is 0.444. The zero-order valence-corrected chi connectivity index (χ0v) is 10.1. The van der Waals surface area contributed by atoms with E-state index in [0.717, 1.165) is 17.7 Å². The van der Waals surface area contributed by atoms with E-state index in [0.29, 0.717) is 5.56 Å². The molecule has 0 saturated heterocycles. The summed E-state index contributed by atoms with van der Waals surface area (Å²) in [5.74, 6) is -0.695. The molecule has 0 atom stereocenters. The van der Waals surface area contributed by atoms with Crippen LogP contribution in [0.3, 0.4) is 0 Å². The summed E-state index contributed by atoms with van der Waals surface area (Å²) in [6, 6.07) is 5.00. The smallest absolute Gasteiger partial charge is 0.379 e. The Morgan fingerprint density at radius 1 is 1.35 bits per heavy atom. The maximum Gasteiger partial charge on any atom is 0.379 e. The van der Waals surface area contributed by atoms with Crippen molar-refractivity contribution in [3.63, 3.8) is 0 Å². The Morgan fingerprint density at radius 2 is 2.06 bits per heavy atom. The van der Waals surface area contributed by atoms with Gasteiger partial charge in [0.2, 0.25) is 0 Å². The Labute approximate surface area is 99.5 Å². The van der Waals surface area contributed by atoms with Crippen molar-refractivity contribution in [1.29, 1.82) is 0 Å². The van der Waals surface area contributed by atoms with E-state index < -0.39 is 11.8 Å². The average Bonchev–Trinajstić information content (AvgIpc) is 2.59. The molecule has 4 nitrogen and oxygen atoms in total. The van der Waals surface area contributed by atoms with Gasteiger partial charge in [0.15, 0.2) is 0 Å². The van der Waals surface area contributed by atoms with Gasteiger partial charge in [-0.1, -0.05) is 0 Å². The minimum Gasteiger partial charge on any atom is -0.487 e. The van der Waals surface area contributed by atoms with Crippen molar-refractivity contribution in [3.05, 3.63) is 29.3 Å². The normalized spacial score (nSPS) is 15.9. The van der Waals surface area contributed by atoms with Crippen molar-refractivity contribution < 1.29 is 19.1 Å². The van der Waals surface area contributed by atoms with E-state index in [1.807, 2.05) is 13.8 Å². The molecular weight excluding hydrogens is 220 g/mol. The highest BCUT2D eigenvalue weighted by molar-refractivity contribution is 6.40. The van der Waals surface area contributed by atoms with Gasteiger partial charge in [-0.15, -0.1) is 0 Å². The van der Waals surface area contributed by atoms with Crippen LogP contribution in [0.4, 0.5) is 0 Å². The Morgan fingerprint density at radius 3 is 2.71 bits per heavy atom. The summed E-state index contributed by atoms with van der Waals surface area (Å²) < 4.78 is 10.1. The van der Waals surface area contributed by atoms with E-state index in [1.165, 1.54) is 7.11 Å². The van der Waals surface area contributed by atoms with Gasteiger partial charge in [-0.25, -0.2) is 4.79 Å². The van der Waals surface area contributed by atoms with Gasteiger partial charge in [-0.2, -0.15) is 0 Å². The summed E-state index contributed by atoms with van der Waals surface area (Å²) in [5.41, 5.74) is 1.04. The van der Waals surface area contributed by atoms with E-state index in [4.69, 9.17) is 4.74 Å². The summed E-state index contributed by atoms with van der Waals surface area (Å²) in [6.45, 7) is 3.96. The zero-order chi connectivity index (χ0) is 12.6. The number of methoxy groups -OCH3 is 1. The molecule has 0 amide bonds. The summed E-state index contributed by atoms with van der Waals surface area (Å²) in [7, 11) is 1.19. The van der Waals surface area contributed by atoms with Gasteiger partial charge in [0, 0.05) is 12.0 Å². The number of rotatable bonds is 2. The van der Waals surface area contributed by atoms with Crippen LogP contribution in [0.2, 0.25) is 0 Å². The van der Waals surface area contributed by atoms with Crippen LogP contribution in [0, 0.1) is 0 Å². The molecule has 17 heavy (non-hydrogen) atoms. The zero-order valence-electron chi connectivity index (χ0n) is 10.1. The third kappa shape index (κ3) is 2.16. The van der Waals surface area contributed by atoms with Gasteiger partial charge in [0.1, 0.15) is 11.4 Å². The van der Waals surface area contributed by atoms with E-state index >= 15 is 0 Å². The van der Waals surface area contributed by atoms with E-state index in [2.05, 4.69) is 4.74 Å². The molecule has 90 valence electrons. The molecule has 1 aromatic rings. The number of ether oxygens (including phenoxy) is 2. The topological polar surface area (TPSA) is 52.6 Å². The van der Waals surface area contributed by atoms with E-state index in [1.54, 1.807) is 18.2 Å². The molecule has 4 heteroatoms. The second-order valence-corrected chi connectivity index (χ2v) is 4.68. The fourth-order valence-corrected chi connectivity index (χ4v) is 1.96. The second-order valence-electron chi connectivity index (χ2n) is 4.68. The second kappa shape index (κ2) is 3.87. The summed E-state index contributed by atoms with van der Waals surface area (Å²) in [5, 5.41) is 0. The number of esters is 1. The van der Waals surface area contributed by atoms with Gasteiger partial charge in [-0.05, 0) is 37.6 Å². The first kappa shape index (κ1) is 11.6. The number of hydrogen-bond donors (Lipinski definition) is 0. The van der Waals surface area contributed by atoms with E-state index in [9.17, 15) is 9.59 Å². The fraction of sp³-hybridized carbons (Fsp3) is 0.385. The lowest BCUT2D eigenvalue weighted by Crippen LogP contribution is -2.24. The number of hydrogen-bond acceptors (Lipinski definition) is 4. The molecule has 0 radical (unpaired) electrons. The third-order valence-electron chi connectivity index (χ3n) is 2.70. The lowest BCUT2D eigenvalue weighted by Gasteiger charge is -2.16. The maximum absolute atomic E-state index is 11.6. The Balaban J connectivity index is 2.31. The minimum absolute atomic E-state index is 0.255. The lowest BCUT2D eigenvalue weighted by molar-refractivity contribution is -0.135. The Hall–Kier alpha value is -1.84. The van der Waals surface area contributed by atoms with Gasteiger partial charge in [-0.3, -0.25) is 4.79 Å². The van der Waals surface area contributed by atoms with Crippen LogP contribution in [0.15, 0.2) is 18.2 Å². The summed E-state index contributed by atoms with van der Waals surface area (Å²) in [6.07, 6.45) is 0.727. The SMILES string of the molecule is COC(=O)C(=O)c1ccc2c(c1)CC(C)(C)O2. The highest BCUT2D eigenvalue weighted by Crippen LogP contribution is 2.35. The molecule has 0 saturated carbocycles. The van der Waals surface area contributed by atoms with Crippen molar-refractivity contribution in [2.45, 2.75) is 25.9 Å². The predicted octanol–water partition coefficient (Wildman–Crippen LogP) is 1.76. The molecule has 0 N–H and O–H groups in total. The molecule has 1 aromatic carbocycles. The third-order valence-corrected chi connectivity index (χ3v) is 2.70. The first-order valence-corrected chi connectivity index (χ1v) is 5.37. The van der Waals surface area contributed by atoms with E-state index in [-0.39, 0.29) is 5.60 Å². The summed E-state index contributed by atoms with van der Waals surface area (Å²) >= 11 is 0. The van der Waals surface area contributed by atoms with Gasteiger partial charge in [0.25, 0.3) is 5.78 Å². The van der Waals surface area contributed by atoms with Crippen LogP contribution in [-0.2, 0) is 16.0 Å². The number of ketones is 1.